The van der Waals surface area contributed by atoms with Gasteiger partial charge in [0.1, 0.15) is 0 Å². The van der Waals surface area contributed by atoms with Gasteiger partial charge < -0.3 is 15.2 Å². The van der Waals surface area contributed by atoms with Crippen LogP contribution in [0.25, 0.3) is 11.1 Å². The van der Waals surface area contributed by atoms with Gasteiger partial charge in [0.2, 0.25) is 0 Å². The summed E-state index contributed by atoms with van der Waals surface area (Å²) in [6, 6.07) is 8.78. The van der Waals surface area contributed by atoms with Crippen LogP contribution in [0, 0.1) is 0 Å². The summed E-state index contributed by atoms with van der Waals surface area (Å²) in [4.78, 5) is 24.2. The van der Waals surface area contributed by atoms with Gasteiger partial charge in [0, 0.05) is 16.8 Å². The summed E-state index contributed by atoms with van der Waals surface area (Å²) in [7, 11) is 3.08. The fraction of sp³-hybridized carbons (Fsp3) is 0.176. The number of methoxy groups -OCH3 is 2. The number of carbonyl (C=O) groups excluding carboxylic acids is 2. The first-order valence-electron chi connectivity index (χ1n) is 6.78. The monoisotopic (exact) mass is 297 g/mol. The van der Waals surface area contributed by atoms with Gasteiger partial charge in [-0.15, -0.1) is 0 Å². The predicted octanol–water partition coefficient (Wildman–Crippen LogP) is 2.72. The Morgan fingerprint density at radius 3 is 2.32 bits per heavy atom. The number of Topliss-reactive ketones (excluding diaryl/α,β-unsaturated/α-hetero) is 2. The van der Waals surface area contributed by atoms with Crippen LogP contribution in [0.4, 0.5) is 5.69 Å². The summed E-state index contributed by atoms with van der Waals surface area (Å²) in [5, 5.41) is 0. The molecule has 112 valence electrons. The van der Waals surface area contributed by atoms with E-state index in [1.54, 1.807) is 31.4 Å². The number of rotatable bonds is 3. The second-order valence-corrected chi connectivity index (χ2v) is 5.02. The lowest BCUT2D eigenvalue weighted by Gasteiger charge is -2.15. The molecule has 5 heteroatoms. The third kappa shape index (κ3) is 1.94. The van der Waals surface area contributed by atoms with E-state index in [9.17, 15) is 9.59 Å². The van der Waals surface area contributed by atoms with Crippen LogP contribution in [0.5, 0.6) is 11.5 Å². The van der Waals surface area contributed by atoms with Crippen LogP contribution >= 0.6 is 0 Å². The van der Waals surface area contributed by atoms with Gasteiger partial charge >= 0.3 is 0 Å². The summed E-state index contributed by atoms with van der Waals surface area (Å²) in [5.74, 6) is 0.625. The maximum atomic E-state index is 12.2. The molecule has 1 aliphatic rings. The number of nitrogen functional groups attached to an aromatic ring is 1. The van der Waals surface area contributed by atoms with Crippen LogP contribution in [0.1, 0.15) is 27.1 Å². The average molecular weight is 297 g/mol. The standard InChI is InChI=1S/C17H15NO4/c1-21-14-5-3-4-10(17(14)22-2)9-6-7-11(18)16-13(20)8-12(19)15(9)16/h3-7H,8,18H2,1-2H3. The Morgan fingerprint density at radius 1 is 0.909 bits per heavy atom. The molecule has 5 nitrogen and oxygen atoms in total. The molecule has 3 rings (SSSR count). The molecule has 2 aromatic carbocycles. The molecule has 0 spiro atoms. The summed E-state index contributed by atoms with van der Waals surface area (Å²) in [6.45, 7) is 0. The summed E-state index contributed by atoms with van der Waals surface area (Å²) >= 11 is 0. The minimum atomic E-state index is -0.235. The zero-order valence-corrected chi connectivity index (χ0v) is 12.3. The second kappa shape index (κ2) is 5.18. The highest BCUT2D eigenvalue weighted by Gasteiger charge is 2.33. The number of nitrogens with two attached hydrogens (primary N) is 1. The van der Waals surface area contributed by atoms with Crippen LogP contribution < -0.4 is 15.2 Å². The molecular formula is C17H15NO4. The van der Waals surface area contributed by atoms with E-state index in [0.29, 0.717) is 39.4 Å². The molecule has 0 bridgehead atoms. The van der Waals surface area contributed by atoms with Crippen LogP contribution in [-0.2, 0) is 0 Å². The van der Waals surface area contributed by atoms with Crippen LogP contribution in [0.3, 0.4) is 0 Å². The van der Waals surface area contributed by atoms with Gasteiger partial charge in [-0.05, 0) is 17.7 Å². The number of anilines is 1. The number of fused-ring (bicyclic) bond motifs is 1. The fourth-order valence-corrected chi connectivity index (χ4v) is 2.86. The Kier molecular flexibility index (Phi) is 3.33. The SMILES string of the molecule is COc1cccc(-c2ccc(N)c3c2C(=O)CC3=O)c1OC. The number of carbonyl (C=O) groups is 2. The number of ketones is 2. The van der Waals surface area contributed by atoms with Crippen molar-refractivity contribution in [3.63, 3.8) is 0 Å². The number of hydrogen-bond donors (Lipinski definition) is 1. The minimum absolute atomic E-state index is 0.136. The second-order valence-electron chi connectivity index (χ2n) is 5.02. The van der Waals surface area contributed by atoms with Gasteiger partial charge in [0.05, 0.1) is 26.2 Å². The first-order chi connectivity index (χ1) is 10.6. The van der Waals surface area contributed by atoms with Crippen LogP contribution in [0.2, 0.25) is 0 Å². The number of para-hydroxylation sites is 1. The molecule has 0 saturated heterocycles. The fourth-order valence-electron chi connectivity index (χ4n) is 2.86. The number of ether oxygens (including phenoxy) is 2. The molecule has 22 heavy (non-hydrogen) atoms. The predicted molar refractivity (Wildman–Crippen MR) is 82.7 cm³/mol. The Bertz CT molecular complexity index is 795. The highest BCUT2D eigenvalue weighted by atomic mass is 16.5. The molecule has 0 atom stereocenters. The van der Waals surface area contributed by atoms with Crippen LogP contribution in [-0.4, -0.2) is 25.8 Å². The van der Waals surface area contributed by atoms with Crippen molar-refractivity contribution in [1.82, 2.24) is 0 Å². The molecular weight excluding hydrogens is 282 g/mol. The minimum Gasteiger partial charge on any atom is -0.493 e. The van der Waals surface area contributed by atoms with Crippen LogP contribution in [0.15, 0.2) is 30.3 Å². The zero-order valence-electron chi connectivity index (χ0n) is 12.3. The lowest BCUT2D eigenvalue weighted by molar-refractivity contribution is 0.0923. The van der Waals surface area contributed by atoms with Crippen molar-refractivity contribution in [1.29, 1.82) is 0 Å². The molecule has 2 aromatic rings. The first-order valence-corrected chi connectivity index (χ1v) is 6.78. The quantitative estimate of drug-likeness (QED) is 0.696. The highest BCUT2D eigenvalue weighted by molar-refractivity contribution is 6.28. The van der Waals surface area contributed by atoms with Gasteiger partial charge in [0.15, 0.2) is 23.1 Å². The molecule has 0 fully saturated rings. The van der Waals surface area contributed by atoms with Crippen molar-refractivity contribution in [2.24, 2.45) is 0 Å². The maximum absolute atomic E-state index is 12.2. The normalized spacial score (nSPS) is 13.2. The largest absolute Gasteiger partial charge is 0.493 e. The maximum Gasteiger partial charge on any atom is 0.173 e. The molecule has 0 aliphatic heterocycles. The Morgan fingerprint density at radius 2 is 1.64 bits per heavy atom. The first kappa shape index (κ1) is 14.1. The van der Waals surface area contributed by atoms with Crippen molar-refractivity contribution in [3.8, 4) is 22.6 Å². The van der Waals surface area contributed by atoms with Gasteiger partial charge in [-0.3, -0.25) is 9.59 Å². The number of hydrogen-bond acceptors (Lipinski definition) is 5. The lowest BCUT2D eigenvalue weighted by Crippen LogP contribution is -2.02. The smallest absolute Gasteiger partial charge is 0.173 e. The van der Waals surface area contributed by atoms with Crippen molar-refractivity contribution < 1.29 is 19.1 Å². The molecule has 0 unspecified atom stereocenters. The third-order valence-corrected chi connectivity index (χ3v) is 3.81. The van der Waals surface area contributed by atoms with Gasteiger partial charge in [-0.25, -0.2) is 0 Å². The molecule has 2 N–H and O–H groups in total. The van der Waals surface area contributed by atoms with E-state index >= 15 is 0 Å². The van der Waals surface area contributed by atoms with Crippen molar-refractivity contribution >= 4 is 17.3 Å². The van der Waals surface area contributed by atoms with E-state index < -0.39 is 0 Å². The summed E-state index contributed by atoms with van der Waals surface area (Å²) < 4.78 is 10.7. The molecule has 0 aromatic heterocycles. The van der Waals surface area contributed by atoms with E-state index in [4.69, 9.17) is 15.2 Å². The molecule has 0 heterocycles. The topological polar surface area (TPSA) is 78.6 Å². The molecule has 0 amide bonds. The lowest BCUT2D eigenvalue weighted by atomic mass is 9.94. The van der Waals surface area contributed by atoms with E-state index in [-0.39, 0.29) is 18.0 Å². The summed E-state index contributed by atoms with van der Waals surface area (Å²) in [6.07, 6.45) is -0.136. The molecule has 0 saturated carbocycles. The third-order valence-electron chi connectivity index (χ3n) is 3.81. The van der Waals surface area contributed by atoms with E-state index in [2.05, 4.69) is 0 Å². The van der Waals surface area contributed by atoms with Gasteiger partial charge in [-0.2, -0.15) is 0 Å². The van der Waals surface area contributed by atoms with Gasteiger partial charge in [0.25, 0.3) is 0 Å². The average Bonchev–Trinajstić information content (AvgIpc) is 2.83. The van der Waals surface area contributed by atoms with E-state index in [1.807, 2.05) is 6.07 Å². The molecule has 1 aliphatic carbocycles. The Balaban J connectivity index is 2.32. The Hall–Kier alpha value is -2.82. The van der Waals surface area contributed by atoms with E-state index in [1.165, 1.54) is 7.11 Å². The van der Waals surface area contributed by atoms with E-state index in [0.717, 1.165) is 0 Å². The van der Waals surface area contributed by atoms with Gasteiger partial charge in [-0.1, -0.05) is 18.2 Å². The highest BCUT2D eigenvalue weighted by Crippen LogP contribution is 2.42. The van der Waals surface area contributed by atoms with Crippen molar-refractivity contribution in [2.75, 3.05) is 20.0 Å². The van der Waals surface area contributed by atoms with Crippen molar-refractivity contribution in [3.05, 3.63) is 41.5 Å². The zero-order chi connectivity index (χ0) is 15.9. The molecule has 0 radical (unpaired) electrons. The summed E-state index contributed by atoms with van der Waals surface area (Å²) in [5.41, 5.74) is 8.21. The van der Waals surface area contributed by atoms with Crippen molar-refractivity contribution in [2.45, 2.75) is 6.42 Å². The Labute approximate surface area is 127 Å². The number of benzene rings is 2.